The molecule has 0 radical (unpaired) electrons. The molecule has 0 saturated heterocycles. The van der Waals surface area contributed by atoms with Gasteiger partial charge in [-0.15, -0.1) is 0 Å². The van der Waals surface area contributed by atoms with Gasteiger partial charge < -0.3 is 4.18 Å². The van der Waals surface area contributed by atoms with Crippen molar-refractivity contribution in [3.8, 4) is 5.75 Å². The zero-order chi connectivity index (χ0) is 45.3. The molecule has 326 valence electrons. The monoisotopic (exact) mass is 964 g/mol. The first-order valence-electron chi connectivity index (χ1n) is 12.0. The highest BCUT2D eigenvalue weighted by molar-refractivity contribution is 7.96. The van der Waals surface area contributed by atoms with Crippen LogP contribution in [0, 0.1) is 0 Å². The van der Waals surface area contributed by atoms with Crippen LogP contribution in [0.3, 0.4) is 0 Å². The Hall–Kier alpha value is -3.23. The summed E-state index contributed by atoms with van der Waals surface area (Å²) in [6.45, 7) is -1.01. The first-order valence-corrected chi connectivity index (χ1v) is 18.6. The number of benzene rings is 1. The van der Waals surface area contributed by atoms with Crippen molar-refractivity contribution in [3.05, 3.63) is 29.3 Å². The van der Waals surface area contributed by atoms with Gasteiger partial charge in [-0.05, 0) is 18.2 Å². The van der Waals surface area contributed by atoms with E-state index in [-0.39, 0.29) is 9.44 Å². The zero-order valence-corrected chi connectivity index (χ0v) is 29.0. The quantitative estimate of drug-likeness (QED) is 0.0975. The molecule has 0 aromatic heterocycles. The van der Waals surface area contributed by atoms with Gasteiger partial charge in [0.05, 0.1) is 0 Å². The average molecular weight is 965 g/mol. The normalized spacial score (nSPS) is 15.3. The van der Waals surface area contributed by atoms with Gasteiger partial charge in [-0.3, -0.25) is 18.7 Å². The molecule has 0 atom stereocenters. The van der Waals surface area contributed by atoms with Crippen LogP contribution in [0.1, 0.15) is 27.6 Å². The zero-order valence-electron chi connectivity index (χ0n) is 25.0. The van der Waals surface area contributed by atoms with Crippen LogP contribution >= 0.6 is 12.0 Å². The van der Waals surface area contributed by atoms with Gasteiger partial charge >= 0.3 is 90.2 Å². The standard InChI is InChI=1S/C18H10F18N2O13S5/c1-10(19,20)11(21,22)15(29,30)53(41,42)37-8(39)5-2-6(4-7(3-5)51-52-14(27,28)12(23,24)17(33,34)55(45,46)47)9(40)38-54(43,44)16(31,32)13(25,26)18(35,36)56(48,49)50/h2-4H,1H3,(H,37,39)(H,38,40)(H,45,46,47)(H,48,49,50). The molecule has 0 saturated carbocycles. The smallest absolute Gasteiger partial charge is 0.419 e. The summed E-state index contributed by atoms with van der Waals surface area (Å²) in [5.74, 6) is -36.6. The minimum absolute atomic E-state index is 0.147. The van der Waals surface area contributed by atoms with Gasteiger partial charge in [0, 0.05) is 18.1 Å². The Bertz CT molecular complexity index is 2190. The van der Waals surface area contributed by atoms with Crippen LogP contribution in [0.15, 0.2) is 18.2 Å². The van der Waals surface area contributed by atoms with E-state index in [0.29, 0.717) is 0 Å². The van der Waals surface area contributed by atoms with E-state index in [4.69, 9.17) is 9.11 Å². The molecule has 0 aliphatic heterocycles. The molecule has 0 spiro atoms. The summed E-state index contributed by atoms with van der Waals surface area (Å²) < 4.78 is 356. The second-order valence-electron chi connectivity index (χ2n) is 9.93. The van der Waals surface area contributed by atoms with Crippen molar-refractivity contribution in [2.75, 3.05) is 0 Å². The number of halogens is 18. The van der Waals surface area contributed by atoms with Crippen LogP contribution in [0.25, 0.3) is 0 Å². The third-order valence-corrected chi connectivity index (χ3v) is 11.2. The lowest BCUT2D eigenvalue weighted by atomic mass is 10.1. The highest BCUT2D eigenvalue weighted by Gasteiger charge is 2.83. The van der Waals surface area contributed by atoms with E-state index in [2.05, 4.69) is 4.18 Å². The predicted octanol–water partition coefficient (Wildman–Crippen LogP) is 4.13. The summed E-state index contributed by atoms with van der Waals surface area (Å²) in [7, 11) is -30.7. The highest BCUT2D eigenvalue weighted by Crippen LogP contribution is 2.54. The predicted molar refractivity (Wildman–Crippen MR) is 141 cm³/mol. The molecule has 4 N–H and O–H groups in total. The summed E-state index contributed by atoms with van der Waals surface area (Å²) >= 11 is -2.45. The number of hydrogen-bond acceptors (Lipinski definition) is 12. The minimum atomic E-state index is -7.94. The fourth-order valence-corrected chi connectivity index (χ4v) is 6.33. The molecule has 38 heteroatoms. The van der Waals surface area contributed by atoms with Gasteiger partial charge in [-0.25, -0.2) is 9.44 Å². The van der Waals surface area contributed by atoms with E-state index in [0.717, 1.165) is 0 Å². The lowest BCUT2D eigenvalue weighted by molar-refractivity contribution is -0.271. The van der Waals surface area contributed by atoms with Crippen molar-refractivity contribution in [2.45, 2.75) is 56.9 Å². The molecule has 0 aliphatic carbocycles. The number of nitrogens with one attached hydrogen (secondary N) is 2. The maximum Gasteiger partial charge on any atom is 0.439 e. The van der Waals surface area contributed by atoms with Crippen LogP contribution in [0.5, 0.6) is 5.75 Å². The minimum Gasteiger partial charge on any atom is -0.419 e. The molecule has 56 heavy (non-hydrogen) atoms. The fraction of sp³-hybridized carbons (Fsp3) is 0.556. The Morgan fingerprint density at radius 1 is 0.536 bits per heavy atom. The van der Waals surface area contributed by atoms with Crippen molar-refractivity contribution < 1.29 is 136 Å². The Morgan fingerprint density at radius 3 is 1.14 bits per heavy atom. The van der Waals surface area contributed by atoms with E-state index in [9.17, 15) is 122 Å². The Balaban J connectivity index is 3.97. The number of amides is 2. The fourth-order valence-electron chi connectivity index (χ4n) is 2.81. The van der Waals surface area contributed by atoms with E-state index in [1.54, 1.807) is 0 Å². The van der Waals surface area contributed by atoms with E-state index < -0.39 is 156 Å². The molecule has 0 fully saturated rings. The SMILES string of the molecule is CC(F)(F)C(F)(F)C(F)(F)S(=O)(=O)NC(=O)c1cc(OSC(F)(F)C(F)(F)C(F)(F)S(=O)(=O)O)cc(C(=O)NS(=O)(=O)C(F)(F)C(F)(F)C(F)(F)S(=O)(=O)O)c1. The van der Waals surface area contributed by atoms with Crippen molar-refractivity contribution in [1.82, 2.24) is 9.44 Å². The Labute approximate surface area is 300 Å². The summed E-state index contributed by atoms with van der Waals surface area (Å²) in [6.07, 6.45) is 0. The molecule has 15 nitrogen and oxygen atoms in total. The first kappa shape index (κ1) is 50.8. The highest BCUT2D eigenvalue weighted by atomic mass is 32.2. The van der Waals surface area contributed by atoms with Crippen LogP contribution in [-0.4, -0.2) is 105 Å². The van der Waals surface area contributed by atoms with Crippen molar-refractivity contribution in [2.24, 2.45) is 0 Å². The number of carbonyl (C=O) groups excluding carboxylic acids is 2. The van der Waals surface area contributed by atoms with Gasteiger partial charge in [0.15, 0.2) is 0 Å². The van der Waals surface area contributed by atoms with Gasteiger partial charge in [-0.2, -0.15) is 113 Å². The summed E-state index contributed by atoms with van der Waals surface area (Å²) in [5, 5.41) is -36.1. The van der Waals surface area contributed by atoms with Gasteiger partial charge in [-0.1, -0.05) is 0 Å². The van der Waals surface area contributed by atoms with Crippen LogP contribution in [-0.2, 0) is 40.3 Å². The number of hydrogen-bond donors (Lipinski definition) is 4. The average Bonchev–Trinajstić information content (AvgIpc) is 2.97. The topological polar surface area (TPSA) is 244 Å². The molecule has 1 rings (SSSR count). The molecule has 1 aromatic rings. The summed E-state index contributed by atoms with van der Waals surface area (Å²) in [6, 6.07) is -1.90. The molecular formula is C18H10F18N2O13S5. The molecule has 0 unspecified atom stereocenters. The number of carbonyl (C=O) groups is 2. The maximum absolute atomic E-state index is 14.2. The number of sulfonamides is 2. The molecule has 0 bridgehead atoms. The number of rotatable bonds is 17. The third-order valence-electron chi connectivity index (χ3n) is 5.83. The molecule has 0 heterocycles. The summed E-state index contributed by atoms with van der Waals surface area (Å²) in [4.78, 5) is 24.8. The van der Waals surface area contributed by atoms with Gasteiger partial charge in [0.25, 0.3) is 11.8 Å². The maximum atomic E-state index is 14.2. The molecular weight excluding hydrogens is 954 g/mol. The van der Waals surface area contributed by atoms with E-state index in [1.165, 1.54) is 0 Å². The second kappa shape index (κ2) is 14.2. The lowest BCUT2D eigenvalue weighted by Gasteiger charge is -2.30. The van der Waals surface area contributed by atoms with Gasteiger partial charge in [0.2, 0.25) is 0 Å². The van der Waals surface area contributed by atoms with E-state index in [1.807, 2.05) is 0 Å². The van der Waals surface area contributed by atoms with Crippen LogP contribution in [0.2, 0.25) is 0 Å². The molecule has 2 amide bonds. The molecule has 1 aromatic carbocycles. The van der Waals surface area contributed by atoms with Crippen molar-refractivity contribution in [1.29, 1.82) is 0 Å². The van der Waals surface area contributed by atoms with Crippen LogP contribution < -0.4 is 13.6 Å². The van der Waals surface area contributed by atoms with Gasteiger partial charge in [0.1, 0.15) is 17.8 Å². The second-order valence-corrected chi connectivity index (χ2v) is 17.1. The number of alkyl halides is 18. The Morgan fingerprint density at radius 2 is 0.839 bits per heavy atom. The van der Waals surface area contributed by atoms with Crippen molar-refractivity contribution in [3.63, 3.8) is 0 Å². The summed E-state index contributed by atoms with van der Waals surface area (Å²) in [5.41, 5.74) is -4.52. The largest absolute Gasteiger partial charge is 0.439 e. The Kier molecular flexibility index (Phi) is 12.9. The van der Waals surface area contributed by atoms with Crippen molar-refractivity contribution >= 4 is 64.1 Å². The van der Waals surface area contributed by atoms with Crippen LogP contribution in [0.4, 0.5) is 79.0 Å². The van der Waals surface area contributed by atoms with E-state index >= 15 is 0 Å². The first-order chi connectivity index (χ1) is 24.1. The molecule has 0 aliphatic rings. The third kappa shape index (κ3) is 8.34. The lowest BCUT2D eigenvalue weighted by Crippen LogP contribution is -2.63.